The van der Waals surface area contributed by atoms with E-state index in [0.29, 0.717) is 5.58 Å². The summed E-state index contributed by atoms with van der Waals surface area (Å²) in [6.07, 6.45) is 1.45. The van der Waals surface area contributed by atoms with Gasteiger partial charge in [0.05, 0.1) is 6.42 Å². The molecule has 84 valence electrons. The summed E-state index contributed by atoms with van der Waals surface area (Å²) in [6, 6.07) is 5.57. The van der Waals surface area contributed by atoms with Crippen molar-refractivity contribution < 1.29 is 14.3 Å². The summed E-state index contributed by atoms with van der Waals surface area (Å²) in [5.74, 6) is -0.814. The molecule has 1 aromatic carbocycles. The maximum atomic E-state index is 10.8. The van der Waals surface area contributed by atoms with E-state index in [1.54, 1.807) is 0 Å². The van der Waals surface area contributed by atoms with Crippen LogP contribution in [0.2, 0.25) is 0 Å². The number of hydrogen-bond acceptors (Lipinski definition) is 3. The van der Waals surface area contributed by atoms with Gasteiger partial charge in [0.2, 0.25) is 0 Å². The first-order valence-corrected chi connectivity index (χ1v) is 5.05. The van der Waals surface area contributed by atoms with E-state index in [4.69, 9.17) is 9.52 Å². The number of carboxylic acids is 1. The van der Waals surface area contributed by atoms with Crippen LogP contribution in [0.25, 0.3) is 11.1 Å². The Bertz CT molecular complexity index is 528. The van der Waals surface area contributed by atoms with E-state index in [2.05, 4.69) is 4.98 Å². The molecule has 0 aliphatic carbocycles. The molecule has 0 aliphatic rings. The van der Waals surface area contributed by atoms with Crippen molar-refractivity contribution in [3.05, 3.63) is 30.2 Å². The number of oxazole rings is 1. The van der Waals surface area contributed by atoms with Crippen molar-refractivity contribution in [1.29, 1.82) is 0 Å². The average molecular weight is 219 g/mol. The van der Waals surface area contributed by atoms with Crippen LogP contribution in [0.4, 0.5) is 0 Å². The molecule has 16 heavy (non-hydrogen) atoms. The quantitative estimate of drug-likeness (QED) is 0.861. The number of rotatable bonds is 3. The van der Waals surface area contributed by atoms with Gasteiger partial charge in [-0.1, -0.05) is 26.0 Å². The van der Waals surface area contributed by atoms with Gasteiger partial charge in [-0.2, -0.15) is 0 Å². The third-order valence-electron chi connectivity index (χ3n) is 2.68. The van der Waals surface area contributed by atoms with Gasteiger partial charge >= 0.3 is 5.97 Å². The SMILES string of the molecule is CC(C)(CC(=O)O)c1cccc2ocnc12. The van der Waals surface area contributed by atoms with Crippen LogP contribution >= 0.6 is 0 Å². The highest BCUT2D eigenvalue weighted by Gasteiger charge is 2.27. The number of carboxylic acid groups (broad SMARTS) is 1. The molecule has 0 spiro atoms. The zero-order valence-electron chi connectivity index (χ0n) is 9.23. The maximum absolute atomic E-state index is 10.8. The van der Waals surface area contributed by atoms with E-state index in [1.165, 1.54) is 6.39 Å². The Morgan fingerprint density at radius 1 is 1.50 bits per heavy atom. The van der Waals surface area contributed by atoms with E-state index < -0.39 is 11.4 Å². The standard InChI is InChI=1S/C12H13NO3/c1-12(2,6-10(14)15)8-4-3-5-9-11(8)13-7-16-9/h3-5,7H,6H2,1-2H3,(H,14,15). The molecule has 0 unspecified atom stereocenters. The first kappa shape index (κ1) is 10.7. The summed E-state index contributed by atoms with van der Waals surface area (Å²) in [6.45, 7) is 3.79. The normalized spacial score (nSPS) is 11.9. The Labute approximate surface area is 92.9 Å². The third kappa shape index (κ3) is 1.78. The van der Waals surface area contributed by atoms with Crippen LogP contribution in [0, 0.1) is 0 Å². The van der Waals surface area contributed by atoms with Crippen LogP contribution in [0.3, 0.4) is 0 Å². The Morgan fingerprint density at radius 3 is 2.94 bits per heavy atom. The molecule has 0 aliphatic heterocycles. The number of para-hydroxylation sites is 1. The summed E-state index contributed by atoms with van der Waals surface area (Å²) in [5, 5.41) is 8.89. The van der Waals surface area contributed by atoms with Gasteiger partial charge in [-0.25, -0.2) is 4.98 Å². The molecule has 4 nitrogen and oxygen atoms in total. The highest BCUT2D eigenvalue weighted by atomic mass is 16.4. The first-order valence-electron chi connectivity index (χ1n) is 5.05. The van der Waals surface area contributed by atoms with Gasteiger partial charge in [0.25, 0.3) is 0 Å². The van der Waals surface area contributed by atoms with Gasteiger partial charge in [0.15, 0.2) is 12.0 Å². The van der Waals surface area contributed by atoms with E-state index in [0.717, 1.165) is 11.1 Å². The molecule has 0 fully saturated rings. The molecule has 1 N–H and O–H groups in total. The molecule has 0 saturated heterocycles. The zero-order valence-corrected chi connectivity index (χ0v) is 9.23. The molecule has 2 aromatic rings. The predicted octanol–water partition coefficient (Wildman–Crippen LogP) is 2.58. The second-order valence-electron chi connectivity index (χ2n) is 4.46. The van der Waals surface area contributed by atoms with Crippen LogP contribution in [0.1, 0.15) is 25.8 Å². The number of fused-ring (bicyclic) bond motifs is 1. The molecule has 0 bridgehead atoms. The van der Waals surface area contributed by atoms with Crippen LogP contribution < -0.4 is 0 Å². The number of hydrogen-bond donors (Lipinski definition) is 1. The van der Waals surface area contributed by atoms with E-state index in [9.17, 15) is 4.79 Å². The molecule has 0 atom stereocenters. The second kappa shape index (κ2) is 3.63. The van der Waals surface area contributed by atoms with Gasteiger partial charge in [-0.05, 0) is 11.6 Å². The molecular weight excluding hydrogens is 206 g/mol. The topological polar surface area (TPSA) is 63.3 Å². The molecule has 0 radical (unpaired) electrons. The molecule has 1 aromatic heterocycles. The Kier molecular flexibility index (Phi) is 2.42. The molecule has 2 rings (SSSR count). The number of nitrogens with zero attached hydrogens (tertiary/aromatic N) is 1. The van der Waals surface area contributed by atoms with E-state index in [1.807, 2.05) is 32.0 Å². The van der Waals surface area contributed by atoms with Crippen molar-refractivity contribution >= 4 is 17.1 Å². The fourth-order valence-corrected chi connectivity index (χ4v) is 1.91. The maximum Gasteiger partial charge on any atom is 0.304 e. The number of aliphatic carboxylic acids is 1. The molecule has 0 saturated carbocycles. The number of aromatic nitrogens is 1. The fraction of sp³-hybridized carbons (Fsp3) is 0.333. The summed E-state index contributed by atoms with van der Waals surface area (Å²) >= 11 is 0. The fourth-order valence-electron chi connectivity index (χ4n) is 1.91. The molecule has 0 amide bonds. The second-order valence-corrected chi connectivity index (χ2v) is 4.46. The van der Waals surface area contributed by atoms with Crippen molar-refractivity contribution in [1.82, 2.24) is 4.98 Å². The van der Waals surface area contributed by atoms with Crippen molar-refractivity contribution in [3.63, 3.8) is 0 Å². The van der Waals surface area contributed by atoms with E-state index in [-0.39, 0.29) is 6.42 Å². The molecular formula is C12H13NO3. The van der Waals surface area contributed by atoms with E-state index >= 15 is 0 Å². The minimum absolute atomic E-state index is 0.0684. The average Bonchev–Trinajstić information content (AvgIpc) is 2.62. The Hall–Kier alpha value is -1.84. The highest BCUT2D eigenvalue weighted by molar-refractivity contribution is 5.79. The van der Waals surface area contributed by atoms with Crippen molar-refractivity contribution in [2.45, 2.75) is 25.7 Å². The van der Waals surface area contributed by atoms with Gasteiger partial charge < -0.3 is 9.52 Å². The van der Waals surface area contributed by atoms with Gasteiger partial charge in [-0.15, -0.1) is 0 Å². The zero-order chi connectivity index (χ0) is 11.8. The number of carbonyl (C=O) groups is 1. The summed E-state index contributed by atoms with van der Waals surface area (Å²) in [5.41, 5.74) is 1.88. The monoisotopic (exact) mass is 219 g/mol. The van der Waals surface area contributed by atoms with Crippen molar-refractivity contribution in [3.8, 4) is 0 Å². The first-order chi connectivity index (χ1) is 7.50. The highest BCUT2D eigenvalue weighted by Crippen LogP contribution is 2.32. The smallest absolute Gasteiger partial charge is 0.304 e. The lowest BCUT2D eigenvalue weighted by molar-refractivity contribution is -0.138. The summed E-state index contributed by atoms with van der Waals surface area (Å²) in [7, 11) is 0. The Morgan fingerprint density at radius 2 is 2.25 bits per heavy atom. The third-order valence-corrected chi connectivity index (χ3v) is 2.68. The van der Waals surface area contributed by atoms with Gasteiger partial charge in [0, 0.05) is 5.41 Å². The van der Waals surface area contributed by atoms with Crippen molar-refractivity contribution in [2.24, 2.45) is 0 Å². The minimum atomic E-state index is -0.814. The number of benzene rings is 1. The largest absolute Gasteiger partial charge is 0.481 e. The van der Waals surface area contributed by atoms with Crippen LogP contribution in [-0.2, 0) is 10.2 Å². The van der Waals surface area contributed by atoms with Crippen molar-refractivity contribution in [2.75, 3.05) is 0 Å². The van der Waals surface area contributed by atoms with Gasteiger partial charge in [0.1, 0.15) is 5.52 Å². The lowest BCUT2D eigenvalue weighted by Gasteiger charge is -2.22. The molecule has 1 heterocycles. The summed E-state index contributed by atoms with van der Waals surface area (Å²) < 4.78 is 5.20. The molecule has 4 heteroatoms. The summed E-state index contributed by atoms with van der Waals surface area (Å²) in [4.78, 5) is 15.0. The van der Waals surface area contributed by atoms with Crippen LogP contribution in [0.15, 0.2) is 29.0 Å². The minimum Gasteiger partial charge on any atom is -0.481 e. The predicted molar refractivity (Wildman–Crippen MR) is 59.3 cm³/mol. The lowest BCUT2D eigenvalue weighted by Crippen LogP contribution is -2.22. The van der Waals surface area contributed by atoms with Crippen LogP contribution in [0.5, 0.6) is 0 Å². The Balaban J connectivity index is 2.53. The van der Waals surface area contributed by atoms with Crippen LogP contribution in [-0.4, -0.2) is 16.1 Å². The van der Waals surface area contributed by atoms with Gasteiger partial charge in [-0.3, -0.25) is 4.79 Å². The lowest BCUT2D eigenvalue weighted by atomic mass is 9.81.